The number of fused-ring (bicyclic) bond motifs is 1. The monoisotopic (exact) mass is 362 g/mol. The molecule has 0 spiro atoms. The van der Waals surface area contributed by atoms with Gasteiger partial charge in [-0.15, -0.1) is 0 Å². The molecule has 4 rings (SSSR count). The van der Waals surface area contributed by atoms with Crippen LogP contribution in [0.15, 0.2) is 48.5 Å². The summed E-state index contributed by atoms with van der Waals surface area (Å²) < 4.78 is 0. The molecule has 0 unspecified atom stereocenters. The van der Waals surface area contributed by atoms with Crippen molar-refractivity contribution >= 4 is 22.6 Å². The van der Waals surface area contributed by atoms with Crippen molar-refractivity contribution in [2.75, 3.05) is 25.0 Å². The quantitative estimate of drug-likeness (QED) is 0.712. The molecule has 5 nitrogen and oxygen atoms in total. The van der Waals surface area contributed by atoms with Crippen molar-refractivity contribution in [2.45, 2.75) is 26.2 Å². The molecule has 1 saturated heterocycles. The molecule has 0 saturated carbocycles. The lowest BCUT2D eigenvalue weighted by molar-refractivity contribution is -0.116. The summed E-state index contributed by atoms with van der Waals surface area (Å²) in [4.78, 5) is 22.9. The normalized spacial score (nSPS) is 15.9. The first-order chi connectivity index (χ1) is 13.2. The minimum absolute atomic E-state index is 0.0529. The van der Waals surface area contributed by atoms with Crippen molar-refractivity contribution in [2.24, 2.45) is 5.92 Å². The third kappa shape index (κ3) is 4.19. The van der Waals surface area contributed by atoms with E-state index < -0.39 is 0 Å². The number of nitrogens with one attached hydrogen (secondary N) is 2. The van der Waals surface area contributed by atoms with Crippen LogP contribution in [0.2, 0.25) is 0 Å². The summed E-state index contributed by atoms with van der Waals surface area (Å²) >= 11 is 0. The third-order valence-corrected chi connectivity index (χ3v) is 5.38. The van der Waals surface area contributed by atoms with Gasteiger partial charge in [-0.25, -0.2) is 4.98 Å². The number of para-hydroxylation sites is 3. The van der Waals surface area contributed by atoms with Crippen LogP contribution in [-0.4, -0.2) is 40.4 Å². The number of rotatable bonds is 5. The van der Waals surface area contributed by atoms with Crippen LogP contribution < -0.4 is 5.32 Å². The molecule has 0 atom stereocenters. The van der Waals surface area contributed by atoms with Gasteiger partial charge in [-0.3, -0.25) is 4.79 Å². The Morgan fingerprint density at radius 3 is 2.70 bits per heavy atom. The van der Waals surface area contributed by atoms with E-state index in [1.165, 1.54) is 12.8 Å². The zero-order valence-corrected chi connectivity index (χ0v) is 15.7. The number of aromatic nitrogens is 2. The standard InChI is InChI=1S/C22H26N4O/c1-16-10-13-26(14-11-16)15-12-21(27)23-18-7-3-2-6-17(18)22-24-19-8-4-5-9-20(19)25-22/h2-9,16H,10-15H2,1H3,(H,23,27)(H,24,25). The van der Waals surface area contributed by atoms with Gasteiger partial charge in [0.25, 0.3) is 0 Å². The Balaban J connectivity index is 1.44. The molecule has 27 heavy (non-hydrogen) atoms. The van der Waals surface area contributed by atoms with Crippen LogP contribution in [-0.2, 0) is 4.79 Å². The third-order valence-electron chi connectivity index (χ3n) is 5.38. The zero-order chi connectivity index (χ0) is 18.6. The first-order valence-electron chi connectivity index (χ1n) is 9.75. The number of nitrogens with zero attached hydrogens (tertiary/aromatic N) is 2. The number of amides is 1. The van der Waals surface area contributed by atoms with Gasteiger partial charge in [-0.1, -0.05) is 31.2 Å². The number of imidazole rings is 1. The molecule has 0 bridgehead atoms. The van der Waals surface area contributed by atoms with Gasteiger partial charge in [0.05, 0.1) is 16.7 Å². The van der Waals surface area contributed by atoms with E-state index in [4.69, 9.17) is 0 Å². The van der Waals surface area contributed by atoms with E-state index in [1.54, 1.807) is 0 Å². The number of likely N-dealkylation sites (tertiary alicyclic amines) is 1. The smallest absolute Gasteiger partial charge is 0.225 e. The summed E-state index contributed by atoms with van der Waals surface area (Å²) in [6.07, 6.45) is 2.98. The Hall–Kier alpha value is -2.66. The summed E-state index contributed by atoms with van der Waals surface area (Å²) in [7, 11) is 0. The largest absolute Gasteiger partial charge is 0.338 e. The summed E-state index contributed by atoms with van der Waals surface area (Å²) in [5, 5.41) is 3.08. The lowest BCUT2D eigenvalue weighted by Crippen LogP contribution is -2.35. The van der Waals surface area contributed by atoms with Crippen molar-refractivity contribution in [1.29, 1.82) is 0 Å². The van der Waals surface area contributed by atoms with Gasteiger partial charge in [-0.2, -0.15) is 0 Å². The van der Waals surface area contributed by atoms with Gasteiger partial charge in [0.2, 0.25) is 5.91 Å². The Labute approximate surface area is 159 Å². The molecule has 2 aromatic carbocycles. The fourth-order valence-corrected chi connectivity index (χ4v) is 3.64. The van der Waals surface area contributed by atoms with Gasteiger partial charge in [0.15, 0.2) is 0 Å². The molecule has 1 aromatic heterocycles. The molecule has 140 valence electrons. The summed E-state index contributed by atoms with van der Waals surface area (Å²) in [5.74, 6) is 1.64. The second-order valence-electron chi connectivity index (χ2n) is 7.47. The maximum atomic E-state index is 12.5. The molecule has 2 heterocycles. The second-order valence-corrected chi connectivity index (χ2v) is 7.47. The number of benzene rings is 2. The Kier molecular flexibility index (Phi) is 5.21. The fourth-order valence-electron chi connectivity index (χ4n) is 3.64. The molecular formula is C22H26N4O. The first-order valence-corrected chi connectivity index (χ1v) is 9.75. The highest BCUT2D eigenvalue weighted by Crippen LogP contribution is 2.27. The van der Waals surface area contributed by atoms with E-state index in [1.807, 2.05) is 48.5 Å². The molecule has 0 radical (unpaired) electrons. The van der Waals surface area contributed by atoms with Crippen LogP contribution in [0.25, 0.3) is 22.4 Å². The number of aromatic amines is 1. The van der Waals surface area contributed by atoms with Crippen LogP contribution in [0.5, 0.6) is 0 Å². The first kappa shape index (κ1) is 17.7. The summed E-state index contributed by atoms with van der Waals surface area (Å²) in [6.45, 7) is 5.33. The molecule has 0 aliphatic carbocycles. The van der Waals surface area contributed by atoms with Gasteiger partial charge < -0.3 is 15.2 Å². The highest BCUT2D eigenvalue weighted by atomic mass is 16.1. The molecule has 3 aromatic rings. The fraction of sp³-hybridized carbons (Fsp3) is 0.364. The van der Waals surface area contributed by atoms with E-state index in [9.17, 15) is 4.79 Å². The highest BCUT2D eigenvalue weighted by Gasteiger charge is 2.17. The average Bonchev–Trinajstić information content (AvgIpc) is 3.12. The van der Waals surface area contributed by atoms with Gasteiger partial charge in [-0.05, 0) is 56.1 Å². The van der Waals surface area contributed by atoms with Crippen molar-refractivity contribution in [3.05, 3.63) is 48.5 Å². The van der Waals surface area contributed by atoms with Crippen LogP contribution in [0.3, 0.4) is 0 Å². The minimum Gasteiger partial charge on any atom is -0.338 e. The number of hydrogen-bond donors (Lipinski definition) is 2. The SMILES string of the molecule is CC1CCN(CCC(=O)Nc2ccccc2-c2nc3ccccc3[nH]2)CC1. The molecule has 1 aliphatic heterocycles. The number of carbonyl (C=O) groups is 1. The van der Waals surface area contributed by atoms with E-state index in [2.05, 4.69) is 27.1 Å². The van der Waals surface area contributed by atoms with Crippen molar-refractivity contribution in [1.82, 2.24) is 14.9 Å². The molecule has 1 fully saturated rings. The Morgan fingerprint density at radius 2 is 1.89 bits per heavy atom. The summed E-state index contributed by atoms with van der Waals surface area (Å²) in [5.41, 5.74) is 3.63. The predicted octanol–water partition coefficient (Wildman–Crippen LogP) is 4.29. The van der Waals surface area contributed by atoms with Crippen molar-refractivity contribution in [3.63, 3.8) is 0 Å². The van der Waals surface area contributed by atoms with Crippen LogP contribution >= 0.6 is 0 Å². The van der Waals surface area contributed by atoms with Gasteiger partial charge >= 0.3 is 0 Å². The number of anilines is 1. The van der Waals surface area contributed by atoms with Crippen LogP contribution in [0.4, 0.5) is 5.69 Å². The summed E-state index contributed by atoms with van der Waals surface area (Å²) in [6, 6.07) is 15.8. The van der Waals surface area contributed by atoms with Gasteiger partial charge in [0.1, 0.15) is 5.82 Å². The van der Waals surface area contributed by atoms with Gasteiger partial charge in [0, 0.05) is 18.5 Å². The highest BCUT2D eigenvalue weighted by molar-refractivity contribution is 5.95. The van der Waals surface area contributed by atoms with Crippen LogP contribution in [0.1, 0.15) is 26.2 Å². The van der Waals surface area contributed by atoms with E-state index in [0.29, 0.717) is 6.42 Å². The number of H-pyrrole nitrogens is 1. The maximum Gasteiger partial charge on any atom is 0.225 e. The number of hydrogen-bond acceptors (Lipinski definition) is 3. The average molecular weight is 362 g/mol. The predicted molar refractivity (Wildman–Crippen MR) is 110 cm³/mol. The molecule has 1 aliphatic rings. The van der Waals surface area contributed by atoms with Crippen molar-refractivity contribution < 1.29 is 4.79 Å². The topological polar surface area (TPSA) is 61.0 Å². The molecular weight excluding hydrogens is 336 g/mol. The van der Waals surface area contributed by atoms with Crippen LogP contribution in [0, 0.1) is 5.92 Å². The number of carbonyl (C=O) groups excluding carboxylic acids is 1. The molecule has 5 heteroatoms. The Bertz CT molecular complexity index is 892. The second kappa shape index (κ2) is 7.92. The number of piperidine rings is 1. The van der Waals surface area contributed by atoms with E-state index >= 15 is 0 Å². The lowest BCUT2D eigenvalue weighted by atomic mass is 9.99. The van der Waals surface area contributed by atoms with Crippen molar-refractivity contribution in [3.8, 4) is 11.4 Å². The zero-order valence-electron chi connectivity index (χ0n) is 15.7. The molecule has 1 amide bonds. The maximum absolute atomic E-state index is 12.5. The van der Waals surface area contributed by atoms with E-state index in [-0.39, 0.29) is 5.91 Å². The van der Waals surface area contributed by atoms with E-state index in [0.717, 1.165) is 53.7 Å². The lowest BCUT2D eigenvalue weighted by Gasteiger charge is -2.29. The Morgan fingerprint density at radius 1 is 1.15 bits per heavy atom. The molecule has 2 N–H and O–H groups in total. The minimum atomic E-state index is 0.0529.